The smallest absolute Gasteiger partial charge is 0.00271 e. The predicted molar refractivity (Wildman–Crippen MR) is 68.3 cm³/mol. The average Bonchev–Trinajstić information content (AvgIpc) is 2.36. The van der Waals surface area contributed by atoms with Gasteiger partial charge in [-0.05, 0) is 13.8 Å². The van der Waals surface area contributed by atoms with Crippen molar-refractivity contribution < 1.29 is 0 Å². The van der Waals surface area contributed by atoms with Crippen molar-refractivity contribution >= 4 is 0 Å². The predicted octanol–water partition coefficient (Wildman–Crippen LogP) is 4.77. The van der Waals surface area contributed by atoms with Crippen molar-refractivity contribution in [2.24, 2.45) is 0 Å². The van der Waals surface area contributed by atoms with Crippen molar-refractivity contribution in [2.75, 3.05) is 0 Å². The Bertz CT molecular complexity index is 156. The minimum atomic E-state index is 1.82. The van der Waals surface area contributed by atoms with Crippen molar-refractivity contribution in [3.05, 3.63) is 36.4 Å². The second-order valence-electron chi connectivity index (χ2n) is 1.65. The van der Waals surface area contributed by atoms with Gasteiger partial charge in [0.15, 0.2) is 0 Å². The van der Waals surface area contributed by atoms with E-state index in [0.29, 0.717) is 0 Å². The third kappa shape index (κ3) is 30.9. The lowest BCUT2D eigenvalue weighted by Crippen LogP contribution is -1.47. The maximum Gasteiger partial charge on any atom is -0.00271 e. The fraction of sp³-hybridized carbons (Fsp3) is 0.429. The second kappa shape index (κ2) is 29.8. The van der Waals surface area contributed by atoms with Crippen molar-refractivity contribution in [2.45, 2.75) is 41.5 Å². The van der Waals surface area contributed by atoms with Gasteiger partial charge in [-0.2, -0.15) is 0 Å². The summed E-state index contributed by atoms with van der Waals surface area (Å²) in [6.07, 6.45) is 0. The summed E-state index contributed by atoms with van der Waals surface area (Å²) in [5.41, 5.74) is 0. The second-order valence-corrected chi connectivity index (χ2v) is 1.65. The molecule has 0 saturated carbocycles. The summed E-state index contributed by atoms with van der Waals surface area (Å²) < 4.78 is 0. The Morgan fingerprint density at radius 1 is 0.500 bits per heavy atom. The standard InChI is InChI=1S/C6H6.C4H6.2C2H6/c1-2-4-6-5-3-1;1-3-4-2;2*1-2/h1-6H;1-2H3;2*1-2H3. The first kappa shape index (κ1) is 18.5. The molecule has 0 spiro atoms. The molecule has 0 fully saturated rings. The van der Waals surface area contributed by atoms with E-state index in [1.165, 1.54) is 0 Å². The molecule has 1 aromatic carbocycles. The number of rotatable bonds is 0. The topological polar surface area (TPSA) is 0 Å². The summed E-state index contributed by atoms with van der Waals surface area (Å²) in [5.74, 6) is 5.36. The minimum Gasteiger partial charge on any atom is -0.107 e. The highest BCUT2D eigenvalue weighted by Gasteiger charge is 1.57. The van der Waals surface area contributed by atoms with Gasteiger partial charge in [0, 0.05) is 0 Å². The van der Waals surface area contributed by atoms with E-state index >= 15 is 0 Å². The lowest BCUT2D eigenvalue weighted by atomic mass is 10.4. The van der Waals surface area contributed by atoms with Gasteiger partial charge in [0.05, 0.1) is 0 Å². The average molecular weight is 192 g/mol. The molecule has 1 rings (SSSR count). The molecule has 0 radical (unpaired) electrons. The van der Waals surface area contributed by atoms with Gasteiger partial charge in [-0.1, -0.05) is 64.1 Å². The van der Waals surface area contributed by atoms with Gasteiger partial charge >= 0.3 is 0 Å². The third-order valence-electron chi connectivity index (χ3n) is 0.917. The zero-order valence-electron chi connectivity index (χ0n) is 10.5. The minimum absolute atomic E-state index is 1.82. The van der Waals surface area contributed by atoms with Gasteiger partial charge in [0.25, 0.3) is 0 Å². The van der Waals surface area contributed by atoms with E-state index in [1.807, 2.05) is 77.9 Å². The summed E-state index contributed by atoms with van der Waals surface area (Å²) >= 11 is 0. The van der Waals surface area contributed by atoms with E-state index in [-0.39, 0.29) is 0 Å². The van der Waals surface area contributed by atoms with Crippen LogP contribution in [0.4, 0.5) is 0 Å². The molecule has 0 aliphatic heterocycles. The van der Waals surface area contributed by atoms with Gasteiger partial charge in [0.1, 0.15) is 0 Å². The Morgan fingerprint density at radius 3 is 0.714 bits per heavy atom. The summed E-state index contributed by atoms with van der Waals surface area (Å²) in [6.45, 7) is 11.6. The normalized spacial score (nSPS) is 5.29. The molecule has 1 aromatic rings. The lowest BCUT2D eigenvalue weighted by Gasteiger charge is -1.69. The molecule has 0 aromatic heterocycles. The highest BCUT2D eigenvalue weighted by molar-refractivity contribution is 4.99. The lowest BCUT2D eigenvalue weighted by molar-refractivity contribution is 1.50. The molecule has 0 N–H and O–H groups in total. The number of hydrogen-bond acceptors (Lipinski definition) is 0. The fourth-order valence-electron chi connectivity index (χ4n) is 0.385. The summed E-state index contributed by atoms with van der Waals surface area (Å²) in [5, 5.41) is 0. The van der Waals surface area contributed by atoms with Gasteiger partial charge in [-0.3, -0.25) is 0 Å². The molecule has 0 nitrogen and oxygen atoms in total. The molecule has 0 aliphatic carbocycles. The van der Waals surface area contributed by atoms with Crippen LogP contribution >= 0.6 is 0 Å². The SMILES string of the molecule is CC.CC.CC#CC.c1ccccc1. The Kier molecular flexibility index (Phi) is 39.4. The van der Waals surface area contributed by atoms with Gasteiger partial charge < -0.3 is 0 Å². The van der Waals surface area contributed by atoms with Crippen molar-refractivity contribution in [1.29, 1.82) is 0 Å². The summed E-state index contributed by atoms with van der Waals surface area (Å²) in [7, 11) is 0. The first-order valence-corrected chi connectivity index (χ1v) is 5.25. The molecular formula is C14H24. The van der Waals surface area contributed by atoms with E-state index in [1.54, 1.807) is 0 Å². The van der Waals surface area contributed by atoms with Crippen LogP contribution in [0.5, 0.6) is 0 Å². The van der Waals surface area contributed by atoms with E-state index < -0.39 is 0 Å². The van der Waals surface area contributed by atoms with Crippen LogP contribution in [-0.2, 0) is 0 Å². The van der Waals surface area contributed by atoms with E-state index in [4.69, 9.17) is 0 Å². The zero-order chi connectivity index (χ0) is 11.7. The quantitative estimate of drug-likeness (QED) is 0.519. The molecule has 14 heavy (non-hydrogen) atoms. The first-order valence-electron chi connectivity index (χ1n) is 5.25. The molecule has 80 valence electrons. The number of hydrogen-bond donors (Lipinski definition) is 0. The van der Waals surface area contributed by atoms with E-state index in [2.05, 4.69) is 11.8 Å². The Labute approximate surface area is 90.4 Å². The van der Waals surface area contributed by atoms with E-state index in [9.17, 15) is 0 Å². The molecule has 0 bridgehead atoms. The van der Waals surface area contributed by atoms with Crippen LogP contribution in [-0.4, -0.2) is 0 Å². The van der Waals surface area contributed by atoms with Crippen LogP contribution in [0.1, 0.15) is 41.5 Å². The maximum atomic E-state index is 2.68. The molecular weight excluding hydrogens is 168 g/mol. The zero-order valence-corrected chi connectivity index (χ0v) is 10.5. The molecule has 0 atom stereocenters. The molecule has 0 unspecified atom stereocenters. The Hall–Kier alpha value is -1.22. The number of benzene rings is 1. The molecule has 0 heterocycles. The van der Waals surface area contributed by atoms with Crippen molar-refractivity contribution in [3.8, 4) is 11.8 Å². The molecule has 0 saturated heterocycles. The van der Waals surface area contributed by atoms with Crippen LogP contribution in [0.2, 0.25) is 0 Å². The highest BCUT2D eigenvalue weighted by Crippen LogP contribution is 1.79. The third-order valence-corrected chi connectivity index (χ3v) is 0.917. The molecule has 0 aliphatic rings. The van der Waals surface area contributed by atoms with Crippen LogP contribution in [0.3, 0.4) is 0 Å². The van der Waals surface area contributed by atoms with Gasteiger partial charge in [-0.15, -0.1) is 11.8 Å². The van der Waals surface area contributed by atoms with Crippen LogP contribution < -0.4 is 0 Å². The van der Waals surface area contributed by atoms with Crippen LogP contribution in [0, 0.1) is 11.8 Å². The van der Waals surface area contributed by atoms with Crippen LogP contribution in [0.15, 0.2) is 36.4 Å². The van der Waals surface area contributed by atoms with Gasteiger partial charge in [-0.25, -0.2) is 0 Å². The van der Waals surface area contributed by atoms with Crippen LogP contribution in [0.25, 0.3) is 0 Å². The molecule has 0 amide bonds. The highest BCUT2D eigenvalue weighted by atomic mass is 13.6. The van der Waals surface area contributed by atoms with Crippen molar-refractivity contribution in [1.82, 2.24) is 0 Å². The monoisotopic (exact) mass is 192 g/mol. The Morgan fingerprint density at radius 2 is 0.643 bits per heavy atom. The van der Waals surface area contributed by atoms with Gasteiger partial charge in [0.2, 0.25) is 0 Å². The van der Waals surface area contributed by atoms with Crippen molar-refractivity contribution in [3.63, 3.8) is 0 Å². The van der Waals surface area contributed by atoms with E-state index in [0.717, 1.165) is 0 Å². The largest absolute Gasteiger partial charge is 0.107 e. The summed E-state index contributed by atoms with van der Waals surface area (Å²) in [6, 6.07) is 12.0. The first-order chi connectivity index (χ1) is 6.91. The fourth-order valence-corrected chi connectivity index (χ4v) is 0.385. The molecule has 0 heteroatoms. The Balaban J connectivity index is -0.000000134. The maximum absolute atomic E-state index is 2.68. The summed E-state index contributed by atoms with van der Waals surface area (Å²) in [4.78, 5) is 0.